The summed E-state index contributed by atoms with van der Waals surface area (Å²) < 4.78 is 0. The molecule has 0 saturated heterocycles. The zero-order chi connectivity index (χ0) is 12.3. The second-order valence-corrected chi connectivity index (χ2v) is 4.94. The fourth-order valence-corrected chi connectivity index (χ4v) is 2.55. The lowest BCUT2D eigenvalue weighted by Gasteiger charge is -2.35. The Hall–Kier alpha value is -1.51. The molecule has 0 unspecified atom stereocenters. The van der Waals surface area contributed by atoms with Gasteiger partial charge >= 0.3 is 5.97 Å². The van der Waals surface area contributed by atoms with E-state index in [4.69, 9.17) is 0 Å². The van der Waals surface area contributed by atoms with E-state index in [9.17, 15) is 9.90 Å². The molecule has 1 saturated carbocycles. The summed E-state index contributed by atoms with van der Waals surface area (Å²) in [5.41, 5.74) is 1.30. The topological polar surface area (TPSA) is 49.3 Å². The van der Waals surface area contributed by atoms with E-state index in [2.05, 4.69) is 5.32 Å². The summed E-state index contributed by atoms with van der Waals surface area (Å²) in [6.07, 6.45) is 4.56. The van der Waals surface area contributed by atoms with Crippen molar-refractivity contribution in [3.63, 3.8) is 0 Å². The quantitative estimate of drug-likeness (QED) is 0.843. The van der Waals surface area contributed by atoms with Gasteiger partial charge in [0.1, 0.15) is 5.54 Å². The third kappa shape index (κ3) is 2.60. The van der Waals surface area contributed by atoms with E-state index in [-0.39, 0.29) is 0 Å². The first-order chi connectivity index (χ1) is 8.12. The Morgan fingerprint density at radius 1 is 1.29 bits per heavy atom. The monoisotopic (exact) mass is 233 g/mol. The van der Waals surface area contributed by atoms with Gasteiger partial charge in [-0.15, -0.1) is 0 Å². The van der Waals surface area contributed by atoms with Crippen LogP contribution in [0.4, 0.5) is 5.69 Å². The molecule has 0 atom stereocenters. The zero-order valence-corrected chi connectivity index (χ0v) is 10.2. The number of hydrogen-bond donors (Lipinski definition) is 2. The van der Waals surface area contributed by atoms with Gasteiger partial charge in [-0.3, -0.25) is 0 Å². The number of carboxylic acid groups (broad SMARTS) is 1. The summed E-state index contributed by atoms with van der Waals surface area (Å²) in [5.74, 6) is -0.723. The van der Waals surface area contributed by atoms with Crippen molar-refractivity contribution in [3.8, 4) is 0 Å². The molecule has 1 aliphatic carbocycles. The molecule has 2 N–H and O–H groups in total. The van der Waals surface area contributed by atoms with E-state index in [0.717, 1.165) is 43.4 Å². The highest BCUT2D eigenvalue weighted by Gasteiger charge is 2.39. The third-order valence-corrected chi connectivity index (χ3v) is 3.52. The van der Waals surface area contributed by atoms with Gasteiger partial charge in [-0.1, -0.05) is 31.4 Å². The summed E-state index contributed by atoms with van der Waals surface area (Å²) in [7, 11) is 0. The third-order valence-electron chi connectivity index (χ3n) is 3.52. The van der Waals surface area contributed by atoms with Crippen LogP contribution in [0.25, 0.3) is 0 Å². The molecule has 0 bridgehead atoms. The molecule has 0 spiro atoms. The van der Waals surface area contributed by atoms with Crippen molar-refractivity contribution in [2.75, 3.05) is 5.32 Å². The Morgan fingerprint density at radius 3 is 2.59 bits per heavy atom. The van der Waals surface area contributed by atoms with Crippen LogP contribution in [0.5, 0.6) is 0 Å². The van der Waals surface area contributed by atoms with Crippen LogP contribution in [0, 0.1) is 6.92 Å². The first-order valence-electron chi connectivity index (χ1n) is 6.21. The van der Waals surface area contributed by atoms with E-state index in [1.807, 2.05) is 31.2 Å². The maximum Gasteiger partial charge on any atom is 0.329 e. The molecular formula is C14H19NO2. The van der Waals surface area contributed by atoms with E-state index < -0.39 is 11.5 Å². The van der Waals surface area contributed by atoms with Crippen molar-refractivity contribution >= 4 is 11.7 Å². The molecule has 3 heteroatoms. The molecule has 0 heterocycles. The molecule has 92 valence electrons. The molecule has 1 aromatic rings. The van der Waals surface area contributed by atoms with Crippen LogP contribution in [0.15, 0.2) is 24.3 Å². The van der Waals surface area contributed by atoms with Crippen LogP contribution in [0.2, 0.25) is 0 Å². The largest absolute Gasteiger partial charge is 0.480 e. The van der Waals surface area contributed by atoms with Crippen LogP contribution in [0.1, 0.15) is 37.7 Å². The predicted molar refractivity (Wildman–Crippen MR) is 68.3 cm³/mol. The number of aryl methyl sites for hydroxylation is 1. The van der Waals surface area contributed by atoms with Crippen molar-refractivity contribution in [3.05, 3.63) is 29.8 Å². The Balaban J connectivity index is 2.20. The molecule has 3 nitrogen and oxygen atoms in total. The average Bonchev–Trinajstić information content (AvgIpc) is 2.30. The molecule has 0 aromatic heterocycles. The SMILES string of the molecule is Cc1cccc(NC2(C(=O)O)CCCCC2)c1. The summed E-state index contributed by atoms with van der Waals surface area (Å²) in [6, 6.07) is 7.90. The normalized spacial score (nSPS) is 18.6. The molecule has 1 aliphatic rings. The molecule has 2 rings (SSSR count). The fraction of sp³-hybridized carbons (Fsp3) is 0.500. The molecule has 17 heavy (non-hydrogen) atoms. The lowest BCUT2D eigenvalue weighted by Crippen LogP contribution is -2.47. The average molecular weight is 233 g/mol. The van der Waals surface area contributed by atoms with Crippen LogP contribution in [-0.2, 0) is 4.79 Å². The summed E-state index contributed by atoms with van der Waals surface area (Å²) in [6.45, 7) is 2.01. The van der Waals surface area contributed by atoms with E-state index in [1.165, 1.54) is 0 Å². The van der Waals surface area contributed by atoms with E-state index in [1.54, 1.807) is 0 Å². The zero-order valence-electron chi connectivity index (χ0n) is 10.2. The maximum absolute atomic E-state index is 11.5. The first-order valence-corrected chi connectivity index (χ1v) is 6.21. The minimum atomic E-state index is -0.758. The number of benzene rings is 1. The number of carbonyl (C=O) groups is 1. The minimum Gasteiger partial charge on any atom is -0.480 e. The molecule has 1 aromatic carbocycles. The Bertz CT molecular complexity index is 408. The number of rotatable bonds is 3. The van der Waals surface area contributed by atoms with Gasteiger partial charge in [-0.25, -0.2) is 4.79 Å². The lowest BCUT2D eigenvalue weighted by molar-refractivity contribution is -0.143. The Labute approximate surface area is 102 Å². The van der Waals surface area contributed by atoms with Crippen molar-refractivity contribution in [2.45, 2.75) is 44.6 Å². The van der Waals surface area contributed by atoms with Gasteiger partial charge in [0.2, 0.25) is 0 Å². The highest BCUT2D eigenvalue weighted by molar-refractivity contribution is 5.83. The van der Waals surface area contributed by atoms with E-state index in [0.29, 0.717) is 0 Å². The second kappa shape index (κ2) is 4.78. The highest BCUT2D eigenvalue weighted by Crippen LogP contribution is 2.32. The van der Waals surface area contributed by atoms with Gasteiger partial charge in [0, 0.05) is 5.69 Å². The van der Waals surface area contributed by atoms with Gasteiger partial charge in [0.25, 0.3) is 0 Å². The van der Waals surface area contributed by atoms with Crippen molar-refractivity contribution < 1.29 is 9.90 Å². The standard InChI is InChI=1S/C14H19NO2/c1-11-6-5-7-12(10-11)15-14(13(16)17)8-3-2-4-9-14/h5-7,10,15H,2-4,8-9H2,1H3,(H,16,17). The first kappa shape index (κ1) is 12.0. The number of nitrogens with one attached hydrogen (secondary N) is 1. The maximum atomic E-state index is 11.5. The van der Waals surface area contributed by atoms with Gasteiger partial charge < -0.3 is 10.4 Å². The number of anilines is 1. The number of hydrogen-bond acceptors (Lipinski definition) is 2. The Morgan fingerprint density at radius 2 is 2.00 bits per heavy atom. The van der Waals surface area contributed by atoms with Crippen LogP contribution >= 0.6 is 0 Å². The van der Waals surface area contributed by atoms with E-state index >= 15 is 0 Å². The number of carboxylic acids is 1. The van der Waals surface area contributed by atoms with Gasteiger partial charge in [0.15, 0.2) is 0 Å². The molecular weight excluding hydrogens is 214 g/mol. The fourth-order valence-electron chi connectivity index (χ4n) is 2.55. The van der Waals surface area contributed by atoms with Crippen LogP contribution in [0.3, 0.4) is 0 Å². The van der Waals surface area contributed by atoms with Crippen LogP contribution < -0.4 is 5.32 Å². The second-order valence-electron chi connectivity index (χ2n) is 4.94. The van der Waals surface area contributed by atoms with Gasteiger partial charge in [-0.05, 0) is 37.5 Å². The summed E-state index contributed by atoms with van der Waals surface area (Å²) >= 11 is 0. The molecule has 1 fully saturated rings. The van der Waals surface area contributed by atoms with Crippen LogP contribution in [-0.4, -0.2) is 16.6 Å². The van der Waals surface area contributed by atoms with Crippen molar-refractivity contribution in [1.82, 2.24) is 0 Å². The summed E-state index contributed by atoms with van der Waals surface area (Å²) in [4.78, 5) is 11.5. The Kier molecular flexibility index (Phi) is 3.36. The van der Waals surface area contributed by atoms with Crippen molar-refractivity contribution in [2.24, 2.45) is 0 Å². The lowest BCUT2D eigenvalue weighted by atomic mass is 9.81. The summed E-state index contributed by atoms with van der Waals surface area (Å²) in [5, 5.41) is 12.7. The van der Waals surface area contributed by atoms with Crippen molar-refractivity contribution in [1.29, 1.82) is 0 Å². The highest BCUT2D eigenvalue weighted by atomic mass is 16.4. The molecule has 0 radical (unpaired) electrons. The number of aliphatic carboxylic acids is 1. The predicted octanol–water partition coefficient (Wildman–Crippen LogP) is 3.19. The van der Waals surface area contributed by atoms with Gasteiger partial charge in [0.05, 0.1) is 0 Å². The molecule has 0 aliphatic heterocycles. The minimum absolute atomic E-state index is 0.719. The molecule has 0 amide bonds. The van der Waals surface area contributed by atoms with Gasteiger partial charge in [-0.2, -0.15) is 0 Å². The smallest absolute Gasteiger partial charge is 0.329 e.